The Labute approximate surface area is 92.8 Å². The molecule has 0 spiro atoms. The molecule has 2 aliphatic rings. The fraction of sp³-hybridized carbons (Fsp3) is 0.923. The van der Waals surface area contributed by atoms with Crippen LogP contribution in [0.15, 0.2) is 0 Å². The van der Waals surface area contributed by atoms with Gasteiger partial charge in [0.05, 0.1) is 0 Å². The van der Waals surface area contributed by atoms with Crippen LogP contribution in [0.5, 0.6) is 0 Å². The normalized spacial score (nSPS) is 37.3. The van der Waals surface area contributed by atoms with E-state index in [1.807, 2.05) is 20.8 Å². The molecule has 86 valence electrons. The largest absolute Gasteiger partial charge is 0.349 e. The monoisotopic (exact) mass is 209 g/mol. The van der Waals surface area contributed by atoms with E-state index in [9.17, 15) is 4.79 Å². The number of amides is 1. The summed E-state index contributed by atoms with van der Waals surface area (Å²) < 4.78 is 0. The summed E-state index contributed by atoms with van der Waals surface area (Å²) >= 11 is 0. The minimum atomic E-state index is -0.263. The molecule has 0 aromatic rings. The Kier molecular flexibility index (Phi) is 2.03. The van der Waals surface area contributed by atoms with Gasteiger partial charge in [-0.15, -0.1) is 0 Å². The lowest BCUT2D eigenvalue weighted by Gasteiger charge is -2.34. The number of nitrogens with one attached hydrogen (secondary N) is 1. The zero-order valence-electron chi connectivity index (χ0n) is 10.6. The minimum absolute atomic E-state index is 0.136. The Bertz CT molecular complexity index is 300. The summed E-state index contributed by atoms with van der Waals surface area (Å²) in [5.74, 6) is 0.957. The molecule has 2 nitrogen and oxygen atoms in total. The molecule has 0 radical (unpaired) electrons. The van der Waals surface area contributed by atoms with Crippen molar-refractivity contribution in [2.24, 2.45) is 16.7 Å². The quantitative estimate of drug-likeness (QED) is 0.707. The molecule has 1 amide bonds. The van der Waals surface area contributed by atoms with Crippen LogP contribution in [0.25, 0.3) is 0 Å². The fourth-order valence-electron chi connectivity index (χ4n) is 2.98. The molecule has 0 aromatic carbocycles. The number of carbonyl (C=O) groups excluding carboxylic acids is 1. The highest BCUT2D eigenvalue weighted by Gasteiger charge is 2.67. The number of rotatable bonds is 1. The van der Waals surface area contributed by atoms with Crippen LogP contribution in [-0.2, 0) is 4.79 Å². The molecule has 2 unspecified atom stereocenters. The Morgan fingerprint density at radius 1 is 1.33 bits per heavy atom. The highest BCUT2D eigenvalue weighted by Crippen LogP contribution is 2.65. The van der Waals surface area contributed by atoms with E-state index in [0.717, 1.165) is 5.92 Å². The van der Waals surface area contributed by atoms with Gasteiger partial charge in [-0.2, -0.15) is 0 Å². The number of hydrogen-bond donors (Lipinski definition) is 1. The maximum Gasteiger partial charge on any atom is 0.225 e. The summed E-state index contributed by atoms with van der Waals surface area (Å²) in [5.41, 5.74) is 0.163. The molecule has 0 saturated heterocycles. The second kappa shape index (κ2) is 2.78. The van der Waals surface area contributed by atoms with Crippen molar-refractivity contribution in [2.45, 2.75) is 59.4 Å². The third-order valence-electron chi connectivity index (χ3n) is 4.45. The Morgan fingerprint density at radius 2 is 1.93 bits per heavy atom. The van der Waals surface area contributed by atoms with E-state index >= 15 is 0 Å². The maximum absolute atomic E-state index is 12.0. The first kappa shape index (κ1) is 11.0. The van der Waals surface area contributed by atoms with Crippen LogP contribution in [0.2, 0.25) is 0 Å². The molecule has 2 heteroatoms. The molecule has 2 atom stereocenters. The van der Waals surface area contributed by atoms with Crippen molar-refractivity contribution in [1.29, 1.82) is 0 Å². The zero-order chi connectivity index (χ0) is 11.5. The van der Waals surface area contributed by atoms with Gasteiger partial charge in [-0.3, -0.25) is 4.79 Å². The number of hydrogen-bond acceptors (Lipinski definition) is 1. The lowest BCUT2D eigenvalue weighted by molar-refractivity contribution is -0.130. The Morgan fingerprint density at radius 3 is 2.27 bits per heavy atom. The SMILES string of the molecule is CC(C)(C)C(=O)NC12CC1CCC2(C)C. The van der Waals surface area contributed by atoms with Gasteiger partial charge >= 0.3 is 0 Å². The lowest BCUT2D eigenvalue weighted by atomic mass is 9.81. The van der Waals surface area contributed by atoms with Crippen LogP contribution < -0.4 is 5.32 Å². The van der Waals surface area contributed by atoms with Crippen LogP contribution in [0, 0.1) is 16.7 Å². The van der Waals surface area contributed by atoms with Gasteiger partial charge in [0, 0.05) is 11.0 Å². The fourth-order valence-corrected chi connectivity index (χ4v) is 2.98. The summed E-state index contributed by atoms with van der Waals surface area (Å²) in [6, 6.07) is 0. The molecule has 1 N–H and O–H groups in total. The first-order chi connectivity index (χ1) is 6.69. The summed E-state index contributed by atoms with van der Waals surface area (Å²) in [7, 11) is 0. The maximum atomic E-state index is 12.0. The van der Waals surface area contributed by atoms with Crippen LogP contribution in [0.4, 0.5) is 0 Å². The van der Waals surface area contributed by atoms with Gasteiger partial charge in [0.15, 0.2) is 0 Å². The molecule has 2 saturated carbocycles. The van der Waals surface area contributed by atoms with Crippen LogP contribution in [0.3, 0.4) is 0 Å². The molecule has 0 bridgehead atoms. The Balaban J connectivity index is 2.11. The van der Waals surface area contributed by atoms with E-state index < -0.39 is 0 Å². The molecule has 0 aromatic heterocycles. The zero-order valence-corrected chi connectivity index (χ0v) is 10.6. The summed E-state index contributed by atoms with van der Waals surface area (Å²) in [6.07, 6.45) is 3.74. The van der Waals surface area contributed by atoms with Gasteiger partial charge in [-0.25, -0.2) is 0 Å². The van der Waals surface area contributed by atoms with E-state index in [1.54, 1.807) is 0 Å². The van der Waals surface area contributed by atoms with Gasteiger partial charge in [-0.1, -0.05) is 34.6 Å². The van der Waals surface area contributed by atoms with Gasteiger partial charge < -0.3 is 5.32 Å². The summed E-state index contributed by atoms with van der Waals surface area (Å²) in [6.45, 7) is 10.5. The Hall–Kier alpha value is -0.530. The van der Waals surface area contributed by atoms with Crippen molar-refractivity contribution >= 4 is 5.91 Å². The van der Waals surface area contributed by atoms with Crippen molar-refractivity contribution in [3.05, 3.63) is 0 Å². The van der Waals surface area contributed by atoms with Crippen molar-refractivity contribution in [3.63, 3.8) is 0 Å². The molecular weight excluding hydrogens is 186 g/mol. The summed E-state index contributed by atoms with van der Waals surface area (Å²) in [5, 5.41) is 3.32. The van der Waals surface area contributed by atoms with Gasteiger partial charge in [0.2, 0.25) is 5.91 Å². The van der Waals surface area contributed by atoms with E-state index in [4.69, 9.17) is 0 Å². The van der Waals surface area contributed by atoms with Crippen molar-refractivity contribution in [2.75, 3.05) is 0 Å². The van der Waals surface area contributed by atoms with Crippen LogP contribution in [-0.4, -0.2) is 11.4 Å². The third kappa shape index (κ3) is 1.49. The molecule has 2 fully saturated rings. The second-order valence-corrected chi connectivity index (χ2v) is 7.00. The third-order valence-corrected chi connectivity index (χ3v) is 4.45. The predicted molar refractivity (Wildman–Crippen MR) is 61.5 cm³/mol. The number of carbonyl (C=O) groups is 1. The van der Waals surface area contributed by atoms with Gasteiger partial charge in [0.1, 0.15) is 0 Å². The second-order valence-electron chi connectivity index (χ2n) is 7.00. The highest BCUT2D eigenvalue weighted by molar-refractivity contribution is 5.82. The van der Waals surface area contributed by atoms with Gasteiger partial charge in [-0.05, 0) is 30.6 Å². The molecule has 0 aliphatic heterocycles. The van der Waals surface area contributed by atoms with E-state index in [1.165, 1.54) is 19.3 Å². The molecule has 2 rings (SSSR count). The van der Waals surface area contributed by atoms with Crippen LogP contribution in [0.1, 0.15) is 53.9 Å². The minimum Gasteiger partial charge on any atom is -0.349 e. The molecule has 15 heavy (non-hydrogen) atoms. The van der Waals surface area contributed by atoms with Crippen LogP contribution >= 0.6 is 0 Å². The topological polar surface area (TPSA) is 29.1 Å². The van der Waals surface area contributed by atoms with E-state index in [0.29, 0.717) is 5.41 Å². The standard InChI is InChI=1S/C13H23NO/c1-11(2,3)10(15)14-13-8-9(13)6-7-12(13,4)5/h9H,6-8H2,1-5H3,(H,14,15). The first-order valence-corrected chi connectivity index (χ1v) is 6.02. The predicted octanol–water partition coefficient (Wildman–Crippen LogP) is 2.73. The lowest BCUT2D eigenvalue weighted by Crippen LogP contribution is -2.50. The van der Waals surface area contributed by atoms with Crippen molar-refractivity contribution in [3.8, 4) is 0 Å². The molecule has 2 aliphatic carbocycles. The van der Waals surface area contributed by atoms with Crippen molar-refractivity contribution < 1.29 is 4.79 Å². The highest BCUT2D eigenvalue weighted by atomic mass is 16.2. The molecular formula is C13H23NO. The van der Waals surface area contributed by atoms with Gasteiger partial charge in [0.25, 0.3) is 0 Å². The van der Waals surface area contributed by atoms with Crippen molar-refractivity contribution in [1.82, 2.24) is 5.32 Å². The number of fused-ring (bicyclic) bond motifs is 1. The van der Waals surface area contributed by atoms with E-state index in [-0.39, 0.29) is 16.9 Å². The van der Waals surface area contributed by atoms with E-state index in [2.05, 4.69) is 19.2 Å². The first-order valence-electron chi connectivity index (χ1n) is 6.02. The summed E-state index contributed by atoms with van der Waals surface area (Å²) in [4.78, 5) is 12.0. The average molecular weight is 209 g/mol. The smallest absolute Gasteiger partial charge is 0.225 e. The average Bonchev–Trinajstić information content (AvgIpc) is 2.69. The molecule has 0 heterocycles.